The van der Waals surface area contributed by atoms with Gasteiger partial charge in [0.15, 0.2) is 6.23 Å². The maximum atomic E-state index is 13.6. The third kappa shape index (κ3) is 3.73. The van der Waals surface area contributed by atoms with Gasteiger partial charge in [0.2, 0.25) is 0 Å². The van der Waals surface area contributed by atoms with Crippen LogP contribution in [0.5, 0.6) is 0 Å². The molecule has 0 amide bonds. The number of hydrogen-bond donors (Lipinski definition) is 4. The molecular weight excluding hydrogens is 412 g/mol. The lowest BCUT2D eigenvalue weighted by atomic mass is 9.95. The van der Waals surface area contributed by atoms with E-state index in [1.165, 1.54) is 0 Å². The van der Waals surface area contributed by atoms with Crippen LogP contribution in [-0.2, 0) is 4.74 Å². The minimum atomic E-state index is -1.68. The second-order valence-electron chi connectivity index (χ2n) is 7.56. The molecule has 2 heterocycles. The largest absolute Gasteiger partial charge is 0.394 e. The Hall–Kier alpha value is -3.32. The van der Waals surface area contributed by atoms with Gasteiger partial charge < -0.3 is 25.2 Å². The maximum Gasteiger partial charge on any atom is 0.271 e. The highest BCUT2D eigenvalue weighted by molar-refractivity contribution is 5.75. The van der Waals surface area contributed by atoms with E-state index in [1.54, 1.807) is 54.6 Å². The molecule has 0 spiro atoms. The molecule has 1 saturated heterocycles. The molecule has 0 bridgehead atoms. The van der Waals surface area contributed by atoms with Gasteiger partial charge in [-0.25, -0.2) is 0 Å². The predicted molar refractivity (Wildman–Crippen MR) is 115 cm³/mol. The average Bonchev–Trinajstić information content (AvgIpc) is 2.84. The van der Waals surface area contributed by atoms with Crippen molar-refractivity contribution >= 4 is 0 Å². The van der Waals surface area contributed by atoms with Gasteiger partial charge in [0, 0.05) is 5.56 Å². The molecule has 1 aliphatic rings. The van der Waals surface area contributed by atoms with Crippen molar-refractivity contribution in [1.29, 1.82) is 5.26 Å². The standard InChI is InChI=1S/C24H22N2O6/c25-12-17-16(14-7-3-1-4-8-14)11-18(15-9-5-2-6-10-15)26(23(17)31)24-22(30)21(29)20(28)19(13-27)32-24/h1-11,19-22,24,27-30H,13H2/t19-,20+,21+,22-,24-/m1/s1. The number of aliphatic hydroxyl groups is 4. The highest BCUT2D eigenvalue weighted by atomic mass is 16.6. The summed E-state index contributed by atoms with van der Waals surface area (Å²) in [5.74, 6) is 0. The van der Waals surface area contributed by atoms with Crippen molar-refractivity contribution < 1.29 is 25.2 Å². The van der Waals surface area contributed by atoms with E-state index in [4.69, 9.17) is 4.74 Å². The van der Waals surface area contributed by atoms with Crippen molar-refractivity contribution in [3.63, 3.8) is 0 Å². The van der Waals surface area contributed by atoms with Crippen LogP contribution in [0.15, 0.2) is 71.5 Å². The summed E-state index contributed by atoms with van der Waals surface area (Å²) in [6.45, 7) is -0.635. The van der Waals surface area contributed by atoms with Gasteiger partial charge in [-0.05, 0) is 17.2 Å². The zero-order valence-corrected chi connectivity index (χ0v) is 16.9. The Bertz CT molecular complexity index is 1190. The molecule has 8 nitrogen and oxygen atoms in total. The molecule has 0 aliphatic carbocycles. The summed E-state index contributed by atoms with van der Waals surface area (Å²) in [4.78, 5) is 13.6. The third-order valence-electron chi connectivity index (χ3n) is 5.63. The molecule has 4 N–H and O–H groups in total. The third-order valence-corrected chi connectivity index (χ3v) is 5.63. The predicted octanol–water partition coefficient (Wildman–Crippen LogP) is 1.03. The van der Waals surface area contributed by atoms with Crippen molar-refractivity contribution in [2.24, 2.45) is 0 Å². The minimum absolute atomic E-state index is 0.159. The number of nitriles is 1. The topological polar surface area (TPSA) is 136 Å². The molecule has 0 radical (unpaired) electrons. The quantitative estimate of drug-likeness (QED) is 0.481. The second-order valence-corrected chi connectivity index (χ2v) is 7.56. The van der Waals surface area contributed by atoms with E-state index in [2.05, 4.69) is 0 Å². The van der Waals surface area contributed by atoms with Gasteiger partial charge in [-0.2, -0.15) is 5.26 Å². The Morgan fingerprint density at radius 1 is 0.906 bits per heavy atom. The number of aromatic nitrogens is 1. The molecule has 4 rings (SSSR count). The molecular formula is C24H22N2O6. The summed E-state index contributed by atoms with van der Waals surface area (Å²) in [6.07, 6.45) is -7.55. The monoisotopic (exact) mass is 434 g/mol. The zero-order valence-electron chi connectivity index (χ0n) is 16.9. The average molecular weight is 434 g/mol. The smallest absolute Gasteiger partial charge is 0.271 e. The van der Waals surface area contributed by atoms with E-state index in [-0.39, 0.29) is 5.56 Å². The molecule has 32 heavy (non-hydrogen) atoms. The summed E-state index contributed by atoms with van der Waals surface area (Å²) < 4.78 is 6.75. The first kappa shape index (κ1) is 21.9. The summed E-state index contributed by atoms with van der Waals surface area (Å²) in [7, 11) is 0. The fourth-order valence-corrected chi connectivity index (χ4v) is 3.96. The number of rotatable bonds is 4. The fraction of sp³-hybridized carbons (Fsp3) is 0.250. The van der Waals surface area contributed by atoms with Crippen molar-refractivity contribution in [2.45, 2.75) is 30.6 Å². The number of aliphatic hydroxyl groups excluding tert-OH is 4. The van der Waals surface area contributed by atoms with Gasteiger partial charge >= 0.3 is 0 Å². The Morgan fingerprint density at radius 2 is 1.50 bits per heavy atom. The highest BCUT2D eigenvalue weighted by Gasteiger charge is 2.45. The number of benzene rings is 2. The first-order valence-corrected chi connectivity index (χ1v) is 10.1. The fourth-order valence-electron chi connectivity index (χ4n) is 3.96. The molecule has 1 aliphatic heterocycles. The molecule has 1 aromatic heterocycles. The van der Waals surface area contributed by atoms with Crippen LogP contribution >= 0.6 is 0 Å². The van der Waals surface area contributed by atoms with Gasteiger partial charge in [0.1, 0.15) is 36.0 Å². The maximum absolute atomic E-state index is 13.6. The molecule has 2 aromatic carbocycles. The van der Waals surface area contributed by atoms with E-state index in [9.17, 15) is 30.5 Å². The molecule has 0 saturated carbocycles. The zero-order chi connectivity index (χ0) is 22.8. The molecule has 164 valence electrons. The second kappa shape index (κ2) is 9.04. The molecule has 8 heteroatoms. The highest BCUT2D eigenvalue weighted by Crippen LogP contribution is 2.34. The van der Waals surface area contributed by atoms with E-state index >= 15 is 0 Å². The van der Waals surface area contributed by atoms with Crippen LogP contribution in [-0.4, -0.2) is 56.0 Å². The number of ether oxygens (including phenoxy) is 1. The van der Waals surface area contributed by atoms with Gasteiger partial charge in [0.25, 0.3) is 5.56 Å². The number of nitrogens with zero attached hydrogens (tertiary/aromatic N) is 2. The Labute approximate surface area is 183 Å². The van der Waals surface area contributed by atoms with Crippen LogP contribution in [0, 0.1) is 11.3 Å². The Morgan fingerprint density at radius 3 is 2.06 bits per heavy atom. The van der Waals surface area contributed by atoms with Crippen molar-refractivity contribution in [1.82, 2.24) is 4.57 Å². The normalized spacial score (nSPS) is 25.3. The molecule has 1 fully saturated rings. The van der Waals surface area contributed by atoms with Crippen LogP contribution in [0.4, 0.5) is 0 Å². The number of hydrogen-bond acceptors (Lipinski definition) is 7. The van der Waals surface area contributed by atoms with E-state index < -0.39 is 42.8 Å². The van der Waals surface area contributed by atoms with E-state index in [1.807, 2.05) is 18.2 Å². The van der Waals surface area contributed by atoms with Gasteiger partial charge in [0.05, 0.1) is 12.3 Å². The van der Waals surface area contributed by atoms with Crippen LogP contribution in [0.25, 0.3) is 22.4 Å². The van der Waals surface area contributed by atoms with Gasteiger partial charge in [-0.3, -0.25) is 9.36 Å². The van der Waals surface area contributed by atoms with E-state index in [0.29, 0.717) is 22.4 Å². The van der Waals surface area contributed by atoms with Crippen LogP contribution in [0.2, 0.25) is 0 Å². The van der Waals surface area contributed by atoms with E-state index in [0.717, 1.165) is 4.57 Å². The lowest BCUT2D eigenvalue weighted by molar-refractivity contribution is -0.251. The SMILES string of the molecule is N#Cc1c(-c2ccccc2)cc(-c2ccccc2)n([C@@H]2O[C@H](CO)[C@H](O)[C@H](O)[C@H]2O)c1=O. The Balaban J connectivity index is 2.00. The van der Waals surface area contributed by atoms with Crippen molar-refractivity contribution in [3.05, 3.63) is 82.6 Å². The number of pyridine rings is 1. The Kier molecular flexibility index (Phi) is 6.19. The van der Waals surface area contributed by atoms with Crippen molar-refractivity contribution in [2.75, 3.05) is 6.61 Å². The van der Waals surface area contributed by atoms with Crippen molar-refractivity contribution in [3.8, 4) is 28.5 Å². The first-order valence-electron chi connectivity index (χ1n) is 10.1. The lowest BCUT2D eigenvalue weighted by Crippen LogP contribution is -2.57. The van der Waals surface area contributed by atoms with Crippen LogP contribution in [0.1, 0.15) is 11.8 Å². The summed E-state index contributed by atoms with van der Waals surface area (Å²) >= 11 is 0. The summed E-state index contributed by atoms with van der Waals surface area (Å²) in [5, 5.41) is 50.4. The molecule has 5 atom stereocenters. The minimum Gasteiger partial charge on any atom is -0.394 e. The van der Waals surface area contributed by atoms with Crippen LogP contribution < -0.4 is 5.56 Å². The van der Waals surface area contributed by atoms with Crippen LogP contribution in [0.3, 0.4) is 0 Å². The van der Waals surface area contributed by atoms with Gasteiger partial charge in [-0.15, -0.1) is 0 Å². The first-order chi connectivity index (χ1) is 15.5. The summed E-state index contributed by atoms with van der Waals surface area (Å²) in [6, 6.07) is 21.5. The molecule has 3 aromatic rings. The summed E-state index contributed by atoms with van der Waals surface area (Å²) in [5.41, 5.74) is 1.16. The lowest BCUT2D eigenvalue weighted by Gasteiger charge is -2.41. The van der Waals surface area contributed by atoms with Gasteiger partial charge in [-0.1, -0.05) is 60.7 Å². The molecule has 0 unspecified atom stereocenters.